The average Bonchev–Trinajstić information content (AvgIpc) is 2.90. The lowest BCUT2D eigenvalue weighted by Gasteiger charge is -2.39. The first-order valence-corrected chi connectivity index (χ1v) is 14.9. The molecule has 0 fully saturated rings. The lowest BCUT2D eigenvalue weighted by molar-refractivity contribution is -0.131. The standard InChI is InChI=1S/C32H42O2S/c1-3-4-5-6-7-8-9-10-11-14-19-29-24-26-32(27-25-29)35(34-28(2)33,30-20-15-12-16-21-30)31-22-17-13-18-23-31/h12-13,15-18,20-27H,3-11,14,19H2,1-2H3. The third-order valence-electron chi connectivity index (χ3n) is 6.47. The monoisotopic (exact) mass is 490 g/mol. The van der Waals surface area contributed by atoms with E-state index in [1.165, 1.54) is 76.7 Å². The van der Waals surface area contributed by atoms with Crippen LogP contribution in [0.1, 0.15) is 83.6 Å². The maximum Gasteiger partial charge on any atom is 0.313 e. The molecule has 0 saturated heterocycles. The van der Waals surface area contributed by atoms with Gasteiger partial charge < -0.3 is 4.18 Å². The summed E-state index contributed by atoms with van der Waals surface area (Å²) in [5.41, 5.74) is 1.35. The lowest BCUT2D eigenvalue weighted by Crippen LogP contribution is -2.11. The summed E-state index contributed by atoms with van der Waals surface area (Å²) in [6.07, 6.45) is 14.6. The molecule has 0 radical (unpaired) electrons. The van der Waals surface area contributed by atoms with E-state index in [4.69, 9.17) is 4.18 Å². The van der Waals surface area contributed by atoms with Gasteiger partial charge in [-0.25, -0.2) is 0 Å². The molecule has 188 valence electrons. The van der Waals surface area contributed by atoms with E-state index in [0.717, 1.165) is 21.1 Å². The van der Waals surface area contributed by atoms with E-state index in [0.29, 0.717) is 0 Å². The molecule has 35 heavy (non-hydrogen) atoms. The highest BCUT2D eigenvalue weighted by Gasteiger charge is 2.34. The predicted octanol–water partition coefficient (Wildman–Crippen LogP) is 9.91. The molecule has 0 spiro atoms. The molecule has 0 aliphatic heterocycles. The van der Waals surface area contributed by atoms with Crippen LogP contribution in [-0.4, -0.2) is 5.97 Å². The SMILES string of the molecule is CCCCCCCCCCCCc1ccc(S(OC(C)=O)(c2ccccc2)c2ccccc2)cc1. The van der Waals surface area contributed by atoms with Gasteiger partial charge in [0.15, 0.2) is 0 Å². The second-order valence-corrected chi connectivity index (χ2v) is 12.0. The fraction of sp³-hybridized carbons (Fsp3) is 0.406. The molecule has 3 aromatic rings. The number of hydrogen-bond acceptors (Lipinski definition) is 2. The van der Waals surface area contributed by atoms with E-state index in [9.17, 15) is 4.79 Å². The zero-order chi connectivity index (χ0) is 24.8. The van der Waals surface area contributed by atoms with Crippen LogP contribution < -0.4 is 0 Å². The summed E-state index contributed by atoms with van der Waals surface area (Å²) in [6, 6.07) is 29.1. The fourth-order valence-electron chi connectivity index (χ4n) is 4.62. The third-order valence-corrected chi connectivity index (χ3v) is 9.76. The fourth-order valence-corrected chi connectivity index (χ4v) is 7.67. The molecule has 0 unspecified atom stereocenters. The maximum atomic E-state index is 12.4. The molecule has 0 aromatic heterocycles. The summed E-state index contributed by atoms with van der Waals surface area (Å²) in [5.74, 6) is -0.262. The van der Waals surface area contributed by atoms with Gasteiger partial charge in [-0.3, -0.25) is 4.79 Å². The molecule has 0 saturated carbocycles. The van der Waals surface area contributed by atoms with Gasteiger partial charge in [0.1, 0.15) is 0 Å². The molecular formula is C32H42O2S. The zero-order valence-corrected chi connectivity index (χ0v) is 22.4. The number of rotatable bonds is 15. The lowest BCUT2D eigenvalue weighted by atomic mass is 10.0. The van der Waals surface area contributed by atoms with Gasteiger partial charge in [-0.1, -0.05) is 113 Å². The molecule has 3 rings (SSSR count). The predicted molar refractivity (Wildman–Crippen MR) is 149 cm³/mol. The van der Waals surface area contributed by atoms with Gasteiger partial charge in [0.25, 0.3) is 0 Å². The van der Waals surface area contributed by atoms with Gasteiger partial charge in [-0.15, -0.1) is 0 Å². The molecule has 0 amide bonds. The summed E-state index contributed by atoms with van der Waals surface area (Å²) >= 11 is 0. The van der Waals surface area contributed by atoms with Crippen molar-refractivity contribution in [1.82, 2.24) is 0 Å². The van der Waals surface area contributed by atoms with Crippen LogP contribution in [0.2, 0.25) is 0 Å². The molecule has 0 heterocycles. The normalized spacial score (nSPS) is 11.8. The van der Waals surface area contributed by atoms with Gasteiger partial charge in [0.05, 0.1) is 0 Å². The summed E-state index contributed by atoms with van der Waals surface area (Å²) in [4.78, 5) is 15.5. The van der Waals surface area contributed by atoms with Crippen molar-refractivity contribution < 1.29 is 8.98 Å². The minimum Gasteiger partial charge on any atom is -0.402 e. The Bertz CT molecular complexity index is 944. The smallest absolute Gasteiger partial charge is 0.313 e. The Morgan fingerprint density at radius 1 is 0.600 bits per heavy atom. The Balaban J connectivity index is 1.66. The Morgan fingerprint density at radius 3 is 1.49 bits per heavy atom. The summed E-state index contributed by atoms with van der Waals surface area (Å²) < 4.78 is 6.25. The zero-order valence-electron chi connectivity index (χ0n) is 21.6. The Morgan fingerprint density at radius 2 is 1.03 bits per heavy atom. The van der Waals surface area contributed by atoms with E-state index in [1.807, 2.05) is 36.4 Å². The first-order valence-electron chi connectivity index (χ1n) is 13.4. The van der Waals surface area contributed by atoms with Gasteiger partial charge in [0.2, 0.25) is 0 Å². The molecule has 0 aliphatic rings. The Kier molecular flexibility index (Phi) is 11.4. The molecule has 3 aromatic carbocycles. The Labute approximate surface area is 214 Å². The molecule has 0 bridgehead atoms. The molecule has 0 aliphatic carbocycles. The van der Waals surface area contributed by atoms with Gasteiger partial charge >= 0.3 is 5.97 Å². The van der Waals surface area contributed by atoms with Gasteiger partial charge in [0, 0.05) is 21.6 Å². The van der Waals surface area contributed by atoms with Crippen molar-refractivity contribution in [2.24, 2.45) is 0 Å². The van der Waals surface area contributed by atoms with E-state index in [1.54, 1.807) is 0 Å². The van der Waals surface area contributed by atoms with Crippen LogP contribution >= 0.6 is 10.3 Å². The van der Waals surface area contributed by atoms with E-state index < -0.39 is 10.3 Å². The molecular weight excluding hydrogens is 448 g/mol. The summed E-state index contributed by atoms with van der Waals surface area (Å²) in [6.45, 7) is 3.78. The first kappa shape index (κ1) is 27.1. The van der Waals surface area contributed by atoms with Crippen LogP contribution in [-0.2, 0) is 15.4 Å². The topological polar surface area (TPSA) is 26.3 Å². The number of benzene rings is 3. The van der Waals surface area contributed by atoms with E-state index >= 15 is 0 Å². The van der Waals surface area contributed by atoms with E-state index in [2.05, 4.69) is 55.5 Å². The summed E-state index contributed by atoms with van der Waals surface area (Å²) in [5, 5.41) is 0. The Hall–Kier alpha value is -2.52. The van der Waals surface area contributed by atoms with Crippen LogP contribution in [0.25, 0.3) is 0 Å². The van der Waals surface area contributed by atoms with E-state index in [-0.39, 0.29) is 5.97 Å². The van der Waals surface area contributed by atoms with Crippen molar-refractivity contribution in [1.29, 1.82) is 0 Å². The first-order chi connectivity index (χ1) is 17.2. The van der Waals surface area contributed by atoms with Crippen LogP contribution in [0.5, 0.6) is 0 Å². The van der Waals surface area contributed by atoms with Crippen LogP contribution in [0, 0.1) is 0 Å². The summed E-state index contributed by atoms with van der Waals surface area (Å²) in [7, 11) is -2.14. The minimum atomic E-state index is -2.14. The number of carbonyl (C=O) groups excluding carboxylic acids is 1. The highest BCUT2D eigenvalue weighted by molar-refractivity contribution is 8.30. The van der Waals surface area contributed by atoms with Crippen LogP contribution in [0.3, 0.4) is 0 Å². The number of hydrogen-bond donors (Lipinski definition) is 0. The second-order valence-electron chi connectivity index (χ2n) is 9.33. The van der Waals surface area contributed by atoms with Gasteiger partial charge in [-0.05, 0) is 65.1 Å². The molecule has 0 atom stereocenters. The highest BCUT2D eigenvalue weighted by atomic mass is 32.3. The van der Waals surface area contributed by atoms with Crippen molar-refractivity contribution in [2.45, 2.75) is 99.2 Å². The minimum absolute atomic E-state index is 0.262. The largest absolute Gasteiger partial charge is 0.402 e. The number of unbranched alkanes of at least 4 members (excludes halogenated alkanes) is 9. The molecule has 3 heteroatoms. The molecule has 0 N–H and O–H groups in total. The number of carbonyl (C=O) groups is 1. The average molecular weight is 491 g/mol. The van der Waals surface area contributed by atoms with Crippen molar-refractivity contribution in [2.75, 3.05) is 0 Å². The quantitative estimate of drug-likeness (QED) is 0.198. The maximum absolute atomic E-state index is 12.4. The second kappa shape index (κ2) is 14.8. The van der Waals surface area contributed by atoms with Crippen molar-refractivity contribution in [3.63, 3.8) is 0 Å². The van der Waals surface area contributed by atoms with Crippen molar-refractivity contribution in [3.8, 4) is 0 Å². The van der Waals surface area contributed by atoms with Crippen LogP contribution in [0.4, 0.5) is 0 Å². The van der Waals surface area contributed by atoms with Crippen molar-refractivity contribution in [3.05, 3.63) is 90.5 Å². The third kappa shape index (κ3) is 8.00. The number of aryl methyl sites for hydroxylation is 1. The molecule has 2 nitrogen and oxygen atoms in total. The highest BCUT2D eigenvalue weighted by Crippen LogP contribution is 2.69. The van der Waals surface area contributed by atoms with Crippen LogP contribution in [0.15, 0.2) is 99.6 Å². The van der Waals surface area contributed by atoms with Gasteiger partial charge in [-0.2, -0.15) is 0 Å². The van der Waals surface area contributed by atoms with Crippen molar-refractivity contribution >= 4 is 16.3 Å².